The number of imidazole rings is 1. The van der Waals surface area contributed by atoms with Crippen LogP contribution in [0.4, 0.5) is 19.1 Å². The zero-order valence-electron chi connectivity index (χ0n) is 17.8. The van der Waals surface area contributed by atoms with Crippen LogP contribution in [0.3, 0.4) is 0 Å². The van der Waals surface area contributed by atoms with Gasteiger partial charge in [0.05, 0.1) is 6.54 Å². The van der Waals surface area contributed by atoms with Gasteiger partial charge in [0.15, 0.2) is 11.2 Å². The maximum Gasteiger partial charge on any atom is 0.573 e. The van der Waals surface area contributed by atoms with Crippen molar-refractivity contribution in [1.29, 1.82) is 0 Å². The Morgan fingerprint density at radius 1 is 1.09 bits per heavy atom. The average molecular weight is 451 g/mol. The van der Waals surface area contributed by atoms with E-state index in [1.807, 2.05) is 0 Å². The van der Waals surface area contributed by atoms with E-state index in [1.54, 1.807) is 6.07 Å². The number of aromatic nitrogens is 4. The molecule has 0 aliphatic heterocycles. The van der Waals surface area contributed by atoms with Crippen LogP contribution in [-0.4, -0.2) is 31.1 Å². The van der Waals surface area contributed by atoms with Crippen LogP contribution in [-0.2, 0) is 20.6 Å². The summed E-state index contributed by atoms with van der Waals surface area (Å²) in [5.74, 6) is -0.0147. The molecule has 0 spiro atoms. The normalized spacial score (nSPS) is 15.3. The number of para-hydroxylation sites is 1. The highest BCUT2D eigenvalue weighted by Crippen LogP contribution is 2.29. The van der Waals surface area contributed by atoms with Gasteiger partial charge >= 0.3 is 12.1 Å². The van der Waals surface area contributed by atoms with Gasteiger partial charge in [-0.05, 0) is 18.9 Å². The number of nitrogens with zero attached hydrogens (tertiary/aromatic N) is 4. The van der Waals surface area contributed by atoms with E-state index in [2.05, 4.69) is 15.0 Å². The van der Waals surface area contributed by atoms with E-state index in [0.717, 1.165) is 36.7 Å². The summed E-state index contributed by atoms with van der Waals surface area (Å²) >= 11 is 0. The molecule has 1 saturated carbocycles. The lowest BCUT2D eigenvalue weighted by atomic mass is 9.96. The number of rotatable bonds is 5. The Balaban J connectivity index is 1.86. The summed E-state index contributed by atoms with van der Waals surface area (Å²) in [5.41, 5.74) is -0.564. The molecule has 0 saturated heterocycles. The molecule has 0 atom stereocenters. The maximum atomic E-state index is 13.0. The van der Waals surface area contributed by atoms with Crippen LogP contribution in [0.15, 0.2) is 33.9 Å². The minimum atomic E-state index is -4.85. The van der Waals surface area contributed by atoms with E-state index in [9.17, 15) is 22.8 Å². The van der Waals surface area contributed by atoms with Gasteiger partial charge in [-0.2, -0.15) is 4.98 Å². The molecule has 32 heavy (non-hydrogen) atoms. The van der Waals surface area contributed by atoms with Crippen LogP contribution in [0.5, 0.6) is 5.75 Å². The number of hydrogen-bond donors (Lipinski definition) is 1. The minimum Gasteiger partial charge on any atom is -0.405 e. The predicted molar refractivity (Wildman–Crippen MR) is 113 cm³/mol. The van der Waals surface area contributed by atoms with E-state index in [1.165, 1.54) is 41.4 Å². The SMILES string of the molecule is Cn1c(=O)c2c(nc(NC3CCCCC3)n2Cc2ccccc2OC(F)(F)F)n(C)c1=O. The summed E-state index contributed by atoms with van der Waals surface area (Å²) in [6.07, 6.45) is 0.255. The number of alkyl halides is 3. The molecule has 1 aliphatic carbocycles. The quantitative estimate of drug-likeness (QED) is 0.645. The van der Waals surface area contributed by atoms with E-state index >= 15 is 0 Å². The molecule has 4 rings (SSSR count). The van der Waals surface area contributed by atoms with Crippen LogP contribution >= 0.6 is 0 Å². The fraction of sp³-hybridized carbons (Fsp3) is 0.476. The second-order valence-corrected chi connectivity index (χ2v) is 8.03. The highest BCUT2D eigenvalue weighted by molar-refractivity contribution is 5.74. The third-order valence-electron chi connectivity index (χ3n) is 5.81. The molecule has 2 aromatic heterocycles. The largest absolute Gasteiger partial charge is 0.573 e. The van der Waals surface area contributed by atoms with Gasteiger partial charge in [0, 0.05) is 25.7 Å². The summed E-state index contributed by atoms with van der Waals surface area (Å²) < 4.78 is 46.7. The lowest BCUT2D eigenvalue weighted by Gasteiger charge is -2.24. The van der Waals surface area contributed by atoms with Gasteiger partial charge in [0.2, 0.25) is 5.95 Å². The average Bonchev–Trinajstić information content (AvgIpc) is 3.10. The van der Waals surface area contributed by atoms with E-state index in [-0.39, 0.29) is 35.1 Å². The smallest absolute Gasteiger partial charge is 0.405 e. The lowest BCUT2D eigenvalue weighted by Crippen LogP contribution is -2.37. The molecule has 1 fully saturated rings. The number of benzene rings is 1. The van der Waals surface area contributed by atoms with Crippen molar-refractivity contribution < 1.29 is 17.9 Å². The first-order valence-corrected chi connectivity index (χ1v) is 10.4. The van der Waals surface area contributed by atoms with Gasteiger partial charge < -0.3 is 10.1 Å². The number of hydrogen-bond acceptors (Lipinski definition) is 5. The molecule has 1 aliphatic rings. The molecule has 0 bridgehead atoms. The van der Waals surface area contributed by atoms with Crippen molar-refractivity contribution in [1.82, 2.24) is 18.7 Å². The third kappa shape index (κ3) is 4.23. The Labute approximate surface area is 181 Å². The van der Waals surface area contributed by atoms with Crippen molar-refractivity contribution in [3.8, 4) is 5.75 Å². The highest BCUT2D eigenvalue weighted by Gasteiger charge is 2.32. The predicted octanol–water partition coefficient (Wildman–Crippen LogP) is 3.13. The van der Waals surface area contributed by atoms with Crippen LogP contribution in [0.2, 0.25) is 0 Å². The molecule has 0 radical (unpaired) electrons. The van der Waals surface area contributed by atoms with Crippen LogP contribution in [0.1, 0.15) is 37.7 Å². The Bertz CT molecular complexity index is 1250. The monoisotopic (exact) mass is 451 g/mol. The van der Waals surface area contributed by atoms with Gasteiger partial charge in [-0.3, -0.25) is 18.5 Å². The van der Waals surface area contributed by atoms with Crippen molar-refractivity contribution in [2.45, 2.75) is 51.1 Å². The standard InChI is InChI=1S/C21H24F3N5O3/c1-27-17-16(18(30)28(2)20(27)31)29(19(26-17)25-14-9-4-3-5-10-14)12-13-8-6-7-11-15(13)32-21(22,23)24/h6-8,11,14H,3-5,9-10,12H2,1-2H3,(H,25,26). The molecule has 1 aromatic carbocycles. The number of fused-ring (bicyclic) bond motifs is 1. The van der Waals surface area contributed by atoms with Gasteiger partial charge in [-0.25, -0.2) is 4.79 Å². The van der Waals surface area contributed by atoms with E-state index < -0.39 is 17.6 Å². The second-order valence-electron chi connectivity index (χ2n) is 8.03. The third-order valence-corrected chi connectivity index (χ3v) is 5.81. The zero-order chi connectivity index (χ0) is 23.0. The first-order chi connectivity index (χ1) is 15.2. The molecule has 11 heteroatoms. The molecule has 0 amide bonds. The first-order valence-electron chi connectivity index (χ1n) is 10.4. The van der Waals surface area contributed by atoms with Gasteiger partial charge in [-0.15, -0.1) is 13.2 Å². The number of anilines is 1. The van der Waals surface area contributed by atoms with Crippen LogP contribution < -0.4 is 21.3 Å². The van der Waals surface area contributed by atoms with Crippen LogP contribution in [0, 0.1) is 0 Å². The summed E-state index contributed by atoms with van der Waals surface area (Å²) in [6, 6.07) is 5.90. The zero-order valence-corrected chi connectivity index (χ0v) is 17.8. The Morgan fingerprint density at radius 3 is 2.47 bits per heavy atom. The highest BCUT2D eigenvalue weighted by atomic mass is 19.4. The number of aryl methyl sites for hydroxylation is 1. The van der Waals surface area contributed by atoms with Gasteiger partial charge in [-0.1, -0.05) is 37.5 Å². The summed E-state index contributed by atoms with van der Waals surface area (Å²) in [4.78, 5) is 29.9. The van der Waals surface area contributed by atoms with E-state index in [4.69, 9.17) is 0 Å². The molecule has 0 unspecified atom stereocenters. The maximum absolute atomic E-state index is 13.0. The Hall–Kier alpha value is -3.24. The van der Waals surface area contributed by atoms with Gasteiger partial charge in [0.25, 0.3) is 5.56 Å². The molecule has 3 aromatic rings. The van der Waals surface area contributed by atoms with Gasteiger partial charge in [0.1, 0.15) is 5.75 Å². The van der Waals surface area contributed by atoms with E-state index in [0.29, 0.717) is 5.95 Å². The van der Waals surface area contributed by atoms with Crippen molar-refractivity contribution in [2.75, 3.05) is 5.32 Å². The Kier molecular flexibility index (Phi) is 5.74. The van der Waals surface area contributed by atoms with Crippen LogP contribution in [0.25, 0.3) is 11.2 Å². The fourth-order valence-electron chi connectivity index (χ4n) is 4.17. The van der Waals surface area contributed by atoms with Crippen molar-refractivity contribution >= 4 is 17.1 Å². The molecule has 1 N–H and O–H groups in total. The summed E-state index contributed by atoms with van der Waals surface area (Å²) in [5, 5.41) is 3.35. The number of halogens is 3. The molecule has 2 heterocycles. The topological polar surface area (TPSA) is 83.1 Å². The number of ether oxygens (including phenoxy) is 1. The van der Waals surface area contributed by atoms with Crippen molar-refractivity contribution in [2.24, 2.45) is 14.1 Å². The lowest BCUT2D eigenvalue weighted by molar-refractivity contribution is -0.274. The number of nitrogens with one attached hydrogen (secondary N) is 1. The Morgan fingerprint density at radius 2 is 1.78 bits per heavy atom. The molecular weight excluding hydrogens is 427 g/mol. The molecular formula is C21H24F3N5O3. The summed E-state index contributed by atoms with van der Waals surface area (Å²) in [7, 11) is 2.86. The fourth-order valence-corrected chi connectivity index (χ4v) is 4.17. The van der Waals surface area contributed by atoms with Crippen molar-refractivity contribution in [3.63, 3.8) is 0 Å². The second kappa shape index (κ2) is 8.36. The summed E-state index contributed by atoms with van der Waals surface area (Å²) in [6.45, 7) is -0.0920. The molecule has 172 valence electrons. The molecule has 8 nitrogen and oxygen atoms in total. The first kappa shape index (κ1) is 22.0. The minimum absolute atomic E-state index is 0.0920. The van der Waals surface area contributed by atoms with Crippen molar-refractivity contribution in [3.05, 3.63) is 50.7 Å².